The molecule has 6 nitrogen and oxygen atoms in total. The molecule has 166 valence electrons. The maximum absolute atomic E-state index is 13.0. The van der Waals surface area contributed by atoms with Gasteiger partial charge in [0.05, 0.1) is 23.9 Å². The first-order chi connectivity index (χ1) is 16.1. The highest BCUT2D eigenvalue weighted by molar-refractivity contribution is 6.05. The van der Waals surface area contributed by atoms with Crippen LogP contribution in [0, 0.1) is 0 Å². The van der Waals surface area contributed by atoms with E-state index in [4.69, 9.17) is 14.5 Å². The summed E-state index contributed by atoms with van der Waals surface area (Å²) in [5.41, 5.74) is 2.66. The number of benzene rings is 3. The number of amides is 1. The second kappa shape index (κ2) is 8.90. The molecule has 3 aromatic carbocycles. The quantitative estimate of drug-likeness (QED) is 0.415. The molecule has 1 amide bonds. The van der Waals surface area contributed by atoms with E-state index in [0.717, 1.165) is 48.0 Å². The van der Waals surface area contributed by atoms with Gasteiger partial charge in [-0.2, -0.15) is 0 Å². The van der Waals surface area contributed by atoms with Gasteiger partial charge in [0, 0.05) is 24.0 Å². The number of hydrogen-bond acceptors (Lipinski definition) is 5. The van der Waals surface area contributed by atoms with Gasteiger partial charge in [-0.25, -0.2) is 9.78 Å². The summed E-state index contributed by atoms with van der Waals surface area (Å²) in [6.45, 7) is 1.21. The molecule has 2 heterocycles. The van der Waals surface area contributed by atoms with Crippen LogP contribution in [0.2, 0.25) is 0 Å². The van der Waals surface area contributed by atoms with Crippen molar-refractivity contribution in [3.8, 4) is 17.0 Å². The third kappa shape index (κ3) is 4.24. The van der Waals surface area contributed by atoms with Crippen molar-refractivity contribution in [3.63, 3.8) is 0 Å². The van der Waals surface area contributed by atoms with Gasteiger partial charge >= 0.3 is 5.97 Å². The molecule has 4 aromatic rings. The summed E-state index contributed by atoms with van der Waals surface area (Å²) in [5.74, 6) is 0.130. The lowest BCUT2D eigenvalue weighted by atomic mass is 10.0. The van der Waals surface area contributed by atoms with Gasteiger partial charge in [0.25, 0.3) is 5.91 Å². The molecule has 1 aliphatic rings. The predicted molar refractivity (Wildman–Crippen MR) is 127 cm³/mol. The molecule has 0 bridgehead atoms. The smallest absolute Gasteiger partial charge is 0.339 e. The summed E-state index contributed by atoms with van der Waals surface area (Å²) in [6, 6.07) is 21.1. The molecule has 0 saturated carbocycles. The van der Waals surface area contributed by atoms with Crippen LogP contribution in [0.1, 0.15) is 23.2 Å². The molecule has 0 radical (unpaired) electrons. The van der Waals surface area contributed by atoms with E-state index >= 15 is 0 Å². The third-order valence-electron chi connectivity index (χ3n) is 6.06. The first kappa shape index (κ1) is 20.9. The molecular formula is C27H24N2O4. The number of methoxy groups -OCH3 is 1. The van der Waals surface area contributed by atoms with Crippen LogP contribution >= 0.6 is 0 Å². The van der Waals surface area contributed by atoms with Crippen molar-refractivity contribution in [1.29, 1.82) is 0 Å². The first-order valence-corrected chi connectivity index (χ1v) is 11.1. The van der Waals surface area contributed by atoms with Crippen LogP contribution in [-0.2, 0) is 9.53 Å². The number of aromatic nitrogens is 1. The van der Waals surface area contributed by atoms with Crippen LogP contribution in [0.5, 0.6) is 5.75 Å². The van der Waals surface area contributed by atoms with Crippen LogP contribution in [0.4, 0.5) is 0 Å². The molecule has 6 heteroatoms. The lowest BCUT2D eigenvalue weighted by molar-refractivity contribution is -0.133. The fourth-order valence-electron chi connectivity index (χ4n) is 4.27. The zero-order valence-electron chi connectivity index (χ0n) is 18.4. The summed E-state index contributed by atoms with van der Waals surface area (Å²) >= 11 is 0. The molecule has 0 spiro atoms. The van der Waals surface area contributed by atoms with Crippen molar-refractivity contribution in [2.45, 2.75) is 12.8 Å². The Morgan fingerprint density at radius 2 is 1.70 bits per heavy atom. The molecule has 0 atom stereocenters. The Morgan fingerprint density at radius 1 is 0.939 bits per heavy atom. The Labute approximate surface area is 191 Å². The normalized spacial score (nSPS) is 13.4. The van der Waals surface area contributed by atoms with Crippen molar-refractivity contribution in [1.82, 2.24) is 9.88 Å². The Morgan fingerprint density at radius 3 is 2.52 bits per heavy atom. The van der Waals surface area contributed by atoms with Gasteiger partial charge in [-0.1, -0.05) is 36.4 Å². The summed E-state index contributed by atoms with van der Waals surface area (Å²) in [4.78, 5) is 31.9. The zero-order valence-corrected chi connectivity index (χ0v) is 18.4. The first-order valence-electron chi connectivity index (χ1n) is 11.1. The highest BCUT2D eigenvalue weighted by atomic mass is 16.5. The average Bonchev–Trinajstić information content (AvgIpc) is 3.41. The van der Waals surface area contributed by atoms with E-state index in [1.54, 1.807) is 18.1 Å². The van der Waals surface area contributed by atoms with Crippen molar-refractivity contribution >= 4 is 33.6 Å². The number of rotatable bonds is 5. The van der Waals surface area contributed by atoms with Crippen LogP contribution < -0.4 is 4.74 Å². The molecule has 1 fully saturated rings. The lowest BCUT2D eigenvalue weighted by Crippen LogP contribution is -2.32. The van der Waals surface area contributed by atoms with Gasteiger partial charge in [0.1, 0.15) is 5.75 Å². The van der Waals surface area contributed by atoms with E-state index in [0.29, 0.717) is 22.2 Å². The van der Waals surface area contributed by atoms with Crippen molar-refractivity contribution < 1.29 is 19.1 Å². The van der Waals surface area contributed by atoms with Gasteiger partial charge in [0.15, 0.2) is 6.61 Å². The largest absolute Gasteiger partial charge is 0.497 e. The second-order valence-corrected chi connectivity index (χ2v) is 8.16. The summed E-state index contributed by atoms with van der Waals surface area (Å²) < 4.78 is 10.7. The topological polar surface area (TPSA) is 68.7 Å². The number of ether oxygens (including phenoxy) is 2. The minimum Gasteiger partial charge on any atom is -0.497 e. The van der Waals surface area contributed by atoms with E-state index in [2.05, 4.69) is 0 Å². The fourth-order valence-corrected chi connectivity index (χ4v) is 4.27. The minimum absolute atomic E-state index is 0.149. The van der Waals surface area contributed by atoms with E-state index in [1.165, 1.54) is 0 Å². The number of hydrogen-bond donors (Lipinski definition) is 0. The fraction of sp³-hybridized carbons (Fsp3) is 0.222. The highest BCUT2D eigenvalue weighted by Gasteiger charge is 2.21. The molecule has 0 N–H and O–H groups in total. The molecule has 1 aliphatic heterocycles. The van der Waals surface area contributed by atoms with E-state index in [9.17, 15) is 9.59 Å². The molecule has 1 aromatic heterocycles. The summed E-state index contributed by atoms with van der Waals surface area (Å²) in [6.07, 6.45) is 1.99. The maximum Gasteiger partial charge on any atom is 0.339 e. The Balaban J connectivity index is 1.48. The van der Waals surface area contributed by atoms with Crippen LogP contribution in [0.3, 0.4) is 0 Å². The monoisotopic (exact) mass is 440 g/mol. The molecule has 0 unspecified atom stereocenters. The second-order valence-electron chi connectivity index (χ2n) is 8.16. The van der Waals surface area contributed by atoms with Crippen LogP contribution in [-0.4, -0.2) is 48.6 Å². The average molecular weight is 440 g/mol. The van der Waals surface area contributed by atoms with Gasteiger partial charge in [-0.05, 0) is 53.9 Å². The van der Waals surface area contributed by atoms with Crippen molar-refractivity contribution in [2.24, 2.45) is 0 Å². The standard InChI is InChI=1S/C27H24N2O4/c1-32-21-11-10-18-14-20(9-8-19(18)15-21)25-16-23(22-6-2-3-7-24(22)28-25)27(31)33-17-26(30)29-12-4-5-13-29/h2-3,6-11,14-16H,4-5,12-13,17H2,1H3. The van der Waals surface area contributed by atoms with Crippen LogP contribution in [0.15, 0.2) is 66.7 Å². The Bertz CT molecular complexity index is 1360. The summed E-state index contributed by atoms with van der Waals surface area (Å²) in [5, 5.41) is 2.80. The summed E-state index contributed by atoms with van der Waals surface area (Å²) in [7, 11) is 1.65. The number of nitrogens with zero attached hydrogens (tertiary/aromatic N) is 2. The van der Waals surface area contributed by atoms with Crippen molar-refractivity contribution in [3.05, 3.63) is 72.3 Å². The minimum atomic E-state index is -0.520. The van der Waals surface area contributed by atoms with E-state index in [-0.39, 0.29) is 12.5 Å². The lowest BCUT2D eigenvalue weighted by Gasteiger charge is -2.15. The molecular weight excluding hydrogens is 416 g/mol. The number of carbonyl (C=O) groups is 2. The van der Waals surface area contributed by atoms with Crippen LogP contribution in [0.25, 0.3) is 32.9 Å². The zero-order chi connectivity index (χ0) is 22.8. The van der Waals surface area contributed by atoms with Gasteiger partial charge in [-0.15, -0.1) is 0 Å². The van der Waals surface area contributed by atoms with Gasteiger partial charge in [0.2, 0.25) is 0 Å². The number of pyridine rings is 1. The molecule has 0 aliphatic carbocycles. The SMILES string of the molecule is COc1ccc2cc(-c3cc(C(=O)OCC(=O)N4CCCC4)c4ccccc4n3)ccc2c1. The highest BCUT2D eigenvalue weighted by Crippen LogP contribution is 2.29. The Hall–Kier alpha value is -3.93. The number of carbonyl (C=O) groups excluding carboxylic acids is 2. The molecule has 33 heavy (non-hydrogen) atoms. The van der Waals surface area contributed by atoms with E-state index < -0.39 is 5.97 Å². The molecule has 1 saturated heterocycles. The molecule has 5 rings (SSSR count). The third-order valence-corrected chi connectivity index (χ3v) is 6.06. The maximum atomic E-state index is 13.0. The van der Waals surface area contributed by atoms with Crippen molar-refractivity contribution in [2.75, 3.05) is 26.8 Å². The number of para-hydroxylation sites is 1. The van der Waals surface area contributed by atoms with Gasteiger partial charge in [-0.3, -0.25) is 4.79 Å². The van der Waals surface area contributed by atoms with E-state index in [1.807, 2.05) is 60.7 Å². The number of esters is 1. The van der Waals surface area contributed by atoms with Gasteiger partial charge < -0.3 is 14.4 Å². The Kier molecular flexibility index (Phi) is 5.65. The number of likely N-dealkylation sites (tertiary alicyclic amines) is 1. The number of fused-ring (bicyclic) bond motifs is 2. The predicted octanol–water partition coefficient (Wildman–Crippen LogP) is 4.84.